The average Bonchev–Trinajstić information content (AvgIpc) is 3.28. The number of rotatable bonds is 4. The van der Waals surface area contributed by atoms with E-state index in [0.29, 0.717) is 19.6 Å². The van der Waals surface area contributed by atoms with Crippen molar-refractivity contribution >= 4 is 11.8 Å². The molecule has 2 heterocycles. The highest BCUT2D eigenvalue weighted by molar-refractivity contribution is 5.84. The van der Waals surface area contributed by atoms with E-state index in [1.165, 1.54) is 0 Å². The third-order valence-electron chi connectivity index (χ3n) is 5.01. The molecule has 0 aromatic carbocycles. The first-order chi connectivity index (χ1) is 10.0. The molecule has 0 aromatic rings. The predicted molar refractivity (Wildman–Crippen MR) is 78.5 cm³/mol. The van der Waals surface area contributed by atoms with Crippen molar-refractivity contribution in [1.82, 2.24) is 9.80 Å². The van der Waals surface area contributed by atoms with Crippen molar-refractivity contribution in [3.63, 3.8) is 0 Å². The van der Waals surface area contributed by atoms with Crippen LogP contribution in [0.25, 0.3) is 0 Å². The highest BCUT2D eigenvalue weighted by Gasteiger charge is 2.45. The van der Waals surface area contributed by atoms with E-state index >= 15 is 0 Å². The molecule has 1 aliphatic carbocycles. The maximum Gasteiger partial charge on any atom is 0.227 e. The van der Waals surface area contributed by atoms with Gasteiger partial charge >= 0.3 is 0 Å². The van der Waals surface area contributed by atoms with Crippen LogP contribution in [0, 0.1) is 11.8 Å². The Bertz CT molecular complexity index is 427. The molecule has 2 aliphatic heterocycles. The van der Waals surface area contributed by atoms with Gasteiger partial charge in [-0.3, -0.25) is 9.59 Å². The number of β-amino-alcohol motifs (C(OH)–C–C–N with tert-alkyl or cyclic N) is 1. The lowest BCUT2D eigenvalue weighted by atomic mass is 9.86. The molecule has 21 heavy (non-hydrogen) atoms. The summed E-state index contributed by atoms with van der Waals surface area (Å²) in [6.45, 7) is 4.36. The fourth-order valence-corrected chi connectivity index (χ4v) is 3.67. The Balaban J connectivity index is 1.52. The van der Waals surface area contributed by atoms with Crippen molar-refractivity contribution in [1.29, 1.82) is 0 Å². The third kappa shape index (κ3) is 3.07. The minimum atomic E-state index is -0.664. The van der Waals surface area contributed by atoms with Crippen molar-refractivity contribution in [2.45, 2.75) is 51.0 Å². The van der Waals surface area contributed by atoms with Gasteiger partial charge in [-0.1, -0.05) is 13.3 Å². The van der Waals surface area contributed by atoms with Crippen LogP contribution in [0.5, 0.6) is 0 Å². The summed E-state index contributed by atoms with van der Waals surface area (Å²) in [5, 5.41) is 10.2. The molecule has 1 unspecified atom stereocenters. The molecule has 0 radical (unpaired) electrons. The predicted octanol–water partition coefficient (Wildman–Crippen LogP) is 1.01. The van der Waals surface area contributed by atoms with Crippen LogP contribution in [0.15, 0.2) is 0 Å². The zero-order valence-electron chi connectivity index (χ0n) is 12.9. The summed E-state index contributed by atoms with van der Waals surface area (Å²) in [5.74, 6) is 0.549. The van der Waals surface area contributed by atoms with Crippen molar-refractivity contribution in [2.75, 3.05) is 26.2 Å². The van der Waals surface area contributed by atoms with Crippen LogP contribution in [0.4, 0.5) is 0 Å². The minimum Gasteiger partial charge on any atom is -0.386 e. The number of likely N-dealkylation sites (tertiary alicyclic amines) is 2. The van der Waals surface area contributed by atoms with Gasteiger partial charge in [0.25, 0.3) is 0 Å². The summed E-state index contributed by atoms with van der Waals surface area (Å²) < 4.78 is 0. The van der Waals surface area contributed by atoms with E-state index in [1.54, 1.807) is 4.90 Å². The molecule has 3 fully saturated rings. The summed E-state index contributed by atoms with van der Waals surface area (Å²) in [4.78, 5) is 28.3. The molecule has 1 N–H and O–H groups in total. The fraction of sp³-hybridized carbons (Fsp3) is 0.875. The lowest BCUT2D eigenvalue weighted by Crippen LogP contribution is -2.65. The number of amides is 2. The number of carbonyl (C=O) groups excluding carboxylic acids is 2. The molecule has 2 amide bonds. The molecule has 0 spiro atoms. The van der Waals surface area contributed by atoms with E-state index < -0.39 is 5.60 Å². The standard InChI is InChI=1S/C16H26N2O3/c1-2-7-16(21)10-18(11-16)15(20)13-4-3-8-17(9-13)14(19)12-5-6-12/h12-13,21H,2-11H2,1H3. The average molecular weight is 294 g/mol. The molecule has 118 valence electrons. The van der Waals surface area contributed by atoms with Crippen LogP contribution < -0.4 is 0 Å². The van der Waals surface area contributed by atoms with Gasteiger partial charge in [-0.05, 0) is 32.1 Å². The molecule has 3 rings (SSSR count). The van der Waals surface area contributed by atoms with E-state index in [0.717, 1.165) is 45.1 Å². The highest BCUT2D eigenvalue weighted by Crippen LogP contribution is 2.33. The van der Waals surface area contributed by atoms with Crippen LogP contribution in [0.1, 0.15) is 45.4 Å². The molecule has 1 atom stereocenters. The lowest BCUT2D eigenvalue weighted by Gasteiger charge is -2.48. The van der Waals surface area contributed by atoms with Crippen molar-refractivity contribution < 1.29 is 14.7 Å². The first kappa shape index (κ1) is 14.8. The summed E-state index contributed by atoms with van der Waals surface area (Å²) in [7, 11) is 0. The molecule has 5 nitrogen and oxygen atoms in total. The smallest absolute Gasteiger partial charge is 0.227 e. The topological polar surface area (TPSA) is 60.9 Å². The Morgan fingerprint density at radius 1 is 1.10 bits per heavy atom. The fourth-order valence-electron chi connectivity index (χ4n) is 3.67. The van der Waals surface area contributed by atoms with Gasteiger partial charge in [0, 0.05) is 19.0 Å². The number of hydrogen-bond donors (Lipinski definition) is 1. The maximum absolute atomic E-state index is 12.5. The van der Waals surface area contributed by atoms with E-state index in [2.05, 4.69) is 0 Å². The largest absolute Gasteiger partial charge is 0.386 e. The SMILES string of the molecule is CCCC1(O)CN(C(=O)C2CCCN(C(=O)C3CC3)C2)C1. The normalized spacial score (nSPS) is 28.2. The van der Waals surface area contributed by atoms with Crippen LogP contribution in [-0.4, -0.2) is 58.5 Å². The summed E-state index contributed by atoms with van der Waals surface area (Å²) >= 11 is 0. The summed E-state index contributed by atoms with van der Waals surface area (Å²) in [5.41, 5.74) is -0.664. The molecular formula is C16H26N2O3. The van der Waals surface area contributed by atoms with Gasteiger partial charge in [-0.15, -0.1) is 0 Å². The Kier molecular flexibility index (Phi) is 3.95. The van der Waals surface area contributed by atoms with Gasteiger partial charge in [-0.25, -0.2) is 0 Å². The van der Waals surface area contributed by atoms with E-state index in [1.807, 2.05) is 11.8 Å². The van der Waals surface area contributed by atoms with Gasteiger partial charge in [0.05, 0.1) is 24.6 Å². The first-order valence-corrected chi connectivity index (χ1v) is 8.32. The highest BCUT2D eigenvalue weighted by atomic mass is 16.3. The van der Waals surface area contributed by atoms with E-state index in [9.17, 15) is 14.7 Å². The maximum atomic E-state index is 12.5. The number of aliphatic hydroxyl groups is 1. The molecule has 3 aliphatic rings. The van der Waals surface area contributed by atoms with Gasteiger partial charge < -0.3 is 14.9 Å². The molecule has 5 heteroatoms. The number of carbonyl (C=O) groups is 2. The van der Waals surface area contributed by atoms with Crippen molar-refractivity contribution in [3.8, 4) is 0 Å². The second-order valence-corrected chi connectivity index (χ2v) is 7.07. The monoisotopic (exact) mass is 294 g/mol. The Labute approximate surface area is 126 Å². The van der Waals surface area contributed by atoms with Gasteiger partial charge in [0.2, 0.25) is 11.8 Å². The van der Waals surface area contributed by atoms with Gasteiger partial charge in [0.1, 0.15) is 0 Å². The molecule has 0 aromatic heterocycles. The van der Waals surface area contributed by atoms with E-state index in [4.69, 9.17) is 0 Å². The van der Waals surface area contributed by atoms with Gasteiger partial charge in [0.15, 0.2) is 0 Å². The third-order valence-corrected chi connectivity index (χ3v) is 5.01. The van der Waals surface area contributed by atoms with Crippen LogP contribution in [0.2, 0.25) is 0 Å². The minimum absolute atomic E-state index is 0.0624. The zero-order valence-corrected chi connectivity index (χ0v) is 12.9. The lowest BCUT2D eigenvalue weighted by molar-refractivity contribution is -0.163. The number of piperidine rings is 1. The summed E-state index contributed by atoms with van der Waals surface area (Å²) in [6.07, 6.45) is 5.52. The second-order valence-electron chi connectivity index (χ2n) is 7.07. The van der Waals surface area contributed by atoms with Gasteiger partial charge in [-0.2, -0.15) is 0 Å². The summed E-state index contributed by atoms with van der Waals surface area (Å²) in [6, 6.07) is 0. The number of hydrogen-bond acceptors (Lipinski definition) is 3. The molecule has 1 saturated carbocycles. The molecule has 2 saturated heterocycles. The molecular weight excluding hydrogens is 268 g/mol. The quantitative estimate of drug-likeness (QED) is 0.842. The zero-order chi connectivity index (χ0) is 15.0. The number of nitrogens with zero attached hydrogens (tertiary/aromatic N) is 2. The Morgan fingerprint density at radius 3 is 2.38 bits per heavy atom. The van der Waals surface area contributed by atoms with Crippen LogP contribution in [-0.2, 0) is 9.59 Å². The van der Waals surface area contributed by atoms with Crippen molar-refractivity contribution in [2.24, 2.45) is 11.8 Å². The van der Waals surface area contributed by atoms with Crippen LogP contribution in [0.3, 0.4) is 0 Å². The first-order valence-electron chi connectivity index (χ1n) is 8.32. The van der Waals surface area contributed by atoms with E-state index in [-0.39, 0.29) is 23.7 Å². The Morgan fingerprint density at radius 2 is 1.76 bits per heavy atom. The Hall–Kier alpha value is -1.10. The van der Waals surface area contributed by atoms with Crippen molar-refractivity contribution in [3.05, 3.63) is 0 Å². The van der Waals surface area contributed by atoms with Crippen LogP contribution >= 0.6 is 0 Å². The molecule has 0 bridgehead atoms. The second kappa shape index (κ2) is 5.59.